The first-order valence-corrected chi connectivity index (χ1v) is 6.68. The fourth-order valence-corrected chi connectivity index (χ4v) is 2.36. The number of nitrogens with zero attached hydrogens (tertiary/aromatic N) is 1. The number of carbonyl (C=O) groups is 1. The van der Waals surface area contributed by atoms with Crippen LogP contribution in [0.5, 0.6) is 0 Å². The molecule has 0 saturated carbocycles. The summed E-state index contributed by atoms with van der Waals surface area (Å²) >= 11 is 3.38. The standard InChI is InChI=1S/C15H11BrN2O/c1-9-2-4-10(5-3-9)14(19)13-8-18-15-12(13)6-11(16)7-17-15/h2-8H,1H3,(H,17,18). The number of ketones is 1. The number of benzene rings is 1. The van der Waals surface area contributed by atoms with Crippen LogP contribution in [0.3, 0.4) is 0 Å². The van der Waals surface area contributed by atoms with Crippen LogP contribution in [0.15, 0.2) is 47.2 Å². The summed E-state index contributed by atoms with van der Waals surface area (Å²) in [6.07, 6.45) is 3.42. The van der Waals surface area contributed by atoms with Crippen LogP contribution in [0.2, 0.25) is 0 Å². The lowest BCUT2D eigenvalue weighted by Crippen LogP contribution is -2.00. The van der Waals surface area contributed by atoms with Crippen molar-refractivity contribution < 1.29 is 4.79 Å². The molecule has 1 N–H and O–H groups in total. The normalized spacial score (nSPS) is 10.8. The van der Waals surface area contributed by atoms with Crippen molar-refractivity contribution in [2.45, 2.75) is 6.92 Å². The van der Waals surface area contributed by atoms with Gasteiger partial charge in [-0.2, -0.15) is 0 Å². The number of aryl methyl sites for hydroxylation is 1. The maximum absolute atomic E-state index is 12.5. The molecule has 0 amide bonds. The number of hydrogen-bond acceptors (Lipinski definition) is 2. The van der Waals surface area contributed by atoms with E-state index in [2.05, 4.69) is 25.9 Å². The smallest absolute Gasteiger partial charge is 0.195 e. The Morgan fingerprint density at radius 3 is 2.74 bits per heavy atom. The molecule has 0 aliphatic heterocycles. The molecule has 0 bridgehead atoms. The second-order valence-corrected chi connectivity index (χ2v) is 5.36. The van der Waals surface area contributed by atoms with Crippen molar-refractivity contribution in [1.29, 1.82) is 0 Å². The summed E-state index contributed by atoms with van der Waals surface area (Å²) in [6.45, 7) is 2.00. The molecular weight excluding hydrogens is 304 g/mol. The topological polar surface area (TPSA) is 45.8 Å². The van der Waals surface area contributed by atoms with Crippen molar-refractivity contribution in [3.05, 3.63) is 63.9 Å². The van der Waals surface area contributed by atoms with E-state index in [-0.39, 0.29) is 5.78 Å². The van der Waals surface area contributed by atoms with E-state index in [0.29, 0.717) is 11.1 Å². The molecule has 0 unspecified atom stereocenters. The van der Waals surface area contributed by atoms with Crippen molar-refractivity contribution >= 4 is 32.7 Å². The van der Waals surface area contributed by atoms with E-state index >= 15 is 0 Å². The average Bonchev–Trinajstić information content (AvgIpc) is 2.81. The number of aromatic amines is 1. The van der Waals surface area contributed by atoms with Crippen LogP contribution in [-0.4, -0.2) is 15.8 Å². The Bertz CT molecular complexity index is 759. The number of nitrogens with one attached hydrogen (secondary N) is 1. The number of H-pyrrole nitrogens is 1. The monoisotopic (exact) mass is 314 g/mol. The summed E-state index contributed by atoms with van der Waals surface area (Å²) in [4.78, 5) is 19.7. The Morgan fingerprint density at radius 1 is 1.26 bits per heavy atom. The lowest BCUT2D eigenvalue weighted by atomic mass is 10.0. The fourth-order valence-electron chi connectivity index (χ4n) is 2.03. The van der Waals surface area contributed by atoms with Crippen molar-refractivity contribution in [2.75, 3.05) is 0 Å². The molecule has 3 rings (SSSR count). The average molecular weight is 315 g/mol. The third-order valence-electron chi connectivity index (χ3n) is 3.06. The van der Waals surface area contributed by atoms with E-state index in [1.807, 2.05) is 37.3 Å². The Morgan fingerprint density at radius 2 is 2.00 bits per heavy atom. The zero-order valence-electron chi connectivity index (χ0n) is 10.3. The molecule has 3 nitrogen and oxygen atoms in total. The van der Waals surface area contributed by atoms with Crippen molar-refractivity contribution in [2.24, 2.45) is 0 Å². The molecule has 94 valence electrons. The van der Waals surface area contributed by atoms with Crippen molar-refractivity contribution in [3.8, 4) is 0 Å². The minimum atomic E-state index is 0.00569. The molecule has 0 atom stereocenters. The molecule has 0 fully saturated rings. The predicted octanol–water partition coefficient (Wildman–Crippen LogP) is 3.86. The molecule has 4 heteroatoms. The number of aromatic nitrogens is 2. The highest BCUT2D eigenvalue weighted by atomic mass is 79.9. The Hall–Kier alpha value is -1.94. The van der Waals surface area contributed by atoms with E-state index in [1.165, 1.54) is 0 Å². The van der Waals surface area contributed by atoms with E-state index in [0.717, 1.165) is 21.1 Å². The van der Waals surface area contributed by atoms with Gasteiger partial charge in [0.15, 0.2) is 5.78 Å². The molecule has 2 aromatic heterocycles. The van der Waals surface area contributed by atoms with Gasteiger partial charge in [-0.05, 0) is 28.9 Å². The SMILES string of the molecule is Cc1ccc(C(=O)c2c[nH]c3ncc(Br)cc23)cc1. The molecule has 0 radical (unpaired) electrons. The largest absolute Gasteiger partial charge is 0.345 e. The Kier molecular flexibility index (Phi) is 2.95. The van der Waals surface area contributed by atoms with Gasteiger partial charge in [-0.3, -0.25) is 4.79 Å². The van der Waals surface area contributed by atoms with Gasteiger partial charge in [0.2, 0.25) is 0 Å². The minimum Gasteiger partial charge on any atom is -0.345 e. The van der Waals surface area contributed by atoms with Crippen LogP contribution >= 0.6 is 15.9 Å². The number of carbonyl (C=O) groups excluding carboxylic acids is 1. The van der Waals surface area contributed by atoms with Gasteiger partial charge in [0.05, 0.1) is 0 Å². The van der Waals surface area contributed by atoms with Gasteiger partial charge in [-0.25, -0.2) is 4.98 Å². The van der Waals surface area contributed by atoms with Crippen LogP contribution in [0.4, 0.5) is 0 Å². The number of hydrogen-bond donors (Lipinski definition) is 1. The fraction of sp³-hybridized carbons (Fsp3) is 0.0667. The summed E-state index contributed by atoms with van der Waals surface area (Å²) in [5.74, 6) is 0.00569. The van der Waals surface area contributed by atoms with Crippen molar-refractivity contribution in [1.82, 2.24) is 9.97 Å². The minimum absolute atomic E-state index is 0.00569. The van der Waals surface area contributed by atoms with Crippen molar-refractivity contribution in [3.63, 3.8) is 0 Å². The number of fused-ring (bicyclic) bond motifs is 1. The Labute approximate surface area is 118 Å². The van der Waals surface area contributed by atoms with E-state index in [9.17, 15) is 4.79 Å². The number of rotatable bonds is 2. The van der Waals surface area contributed by atoms with Gasteiger partial charge in [0.1, 0.15) is 5.65 Å². The molecule has 0 spiro atoms. The first kappa shape index (κ1) is 12.1. The second-order valence-electron chi connectivity index (χ2n) is 4.45. The third kappa shape index (κ3) is 2.19. The van der Waals surface area contributed by atoms with Crippen LogP contribution in [0, 0.1) is 6.92 Å². The summed E-state index contributed by atoms with van der Waals surface area (Å²) in [5.41, 5.74) is 3.19. The van der Waals surface area contributed by atoms with Crippen LogP contribution in [0.25, 0.3) is 11.0 Å². The van der Waals surface area contributed by atoms with Gasteiger partial charge >= 0.3 is 0 Å². The Balaban J connectivity index is 2.11. The maximum atomic E-state index is 12.5. The maximum Gasteiger partial charge on any atom is 0.195 e. The summed E-state index contributed by atoms with van der Waals surface area (Å²) in [5, 5.41) is 0.833. The highest BCUT2D eigenvalue weighted by Crippen LogP contribution is 2.23. The first-order valence-electron chi connectivity index (χ1n) is 5.89. The lowest BCUT2D eigenvalue weighted by molar-refractivity contribution is 0.104. The summed E-state index contributed by atoms with van der Waals surface area (Å²) in [7, 11) is 0. The number of halogens is 1. The first-order chi connectivity index (χ1) is 9.15. The predicted molar refractivity (Wildman–Crippen MR) is 78.4 cm³/mol. The number of pyridine rings is 1. The zero-order valence-corrected chi connectivity index (χ0v) is 11.9. The highest BCUT2D eigenvalue weighted by Gasteiger charge is 2.14. The van der Waals surface area contributed by atoms with Crippen LogP contribution < -0.4 is 0 Å². The van der Waals surface area contributed by atoms with E-state index in [4.69, 9.17) is 0 Å². The zero-order chi connectivity index (χ0) is 13.4. The third-order valence-corrected chi connectivity index (χ3v) is 3.49. The molecule has 0 aliphatic carbocycles. The van der Waals surface area contributed by atoms with Gasteiger partial charge in [-0.15, -0.1) is 0 Å². The van der Waals surface area contributed by atoms with E-state index < -0.39 is 0 Å². The van der Waals surface area contributed by atoms with Gasteiger partial charge in [0, 0.05) is 33.4 Å². The van der Waals surface area contributed by atoms with Gasteiger partial charge in [0.25, 0.3) is 0 Å². The molecule has 0 aliphatic rings. The molecule has 1 aromatic carbocycles. The lowest BCUT2D eigenvalue weighted by Gasteiger charge is -2.00. The van der Waals surface area contributed by atoms with Gasteiger partial charge < -0.3 is 4.98 Å². The van der Waals surface area contributed by atoms with E-state index in [1.54, 1.807) is 12.4 Å². The van der Waals surface area contributed by atoms with Crippen LogP contribution in [0.1, 0.15) is 21.5 Å². The van der Waals surface area contributed by atoms with Gasteiger partial charge in [-0.1, -0.05) is 29.8 Å². The quantitative estimate of drug-likeness (QED) is 0.730. The molecule has 19 heavy (non-hydrogen) atoms. The van der Waals surface area contributed by atoms with Crippen LogP contribution in [-0.2, 0) is 0 Å². The molecular formula is C15H11BrN2O. The molecule has 2 heterocycles. The summed E-state index contributed by atoms with van der Waals surface area (Å²) < 4.78 is 0.859. The highest BCUT2D eigenvalue weighted by molar-refractivity contribution is 9.10. The molecule has 3 aromatic rings. The second kappa shape index (κ2) is 4.63. The molecule has 0 saturated heterocycles. The summed E-state index contributed by atoms with van der Waals surface area (Å²) in [6, 6.07) is 9.48.